The summed E-state index contributed by atoms with van der Waals surface area (Å²) < 4.78 is 7.43. The summed E-state index contributed by atoms with van der Waals surface area (Å²) in [5.74, 6) is 1.76. The molecule has 0 amide bonds. The standard InChI is InChI=1S/C76H50N6/c1-49-24-8-9-29-54(49)52-44-45-72-62(46-52)59-34-14-23-43-71(59)82(72)73-63(60-35-15-21-41-69(60)80-65-37-17-10-30-55(65)56-31-11-18-38-66(56)80)47-53(76-78-74(50-25-4-2-5-26-50)77-75(79-76)51-27-6-3-7-28-51)48-64(73)61-36-16-22-42-70(61)81-67-39-19-12-32-57(67)58-33-13-20-40-68(58)81/h2-48H,1H3. The van der Waals surface area contributed by atoms with E-state index >= 15 is 0 Å². The lowest BCUT2D eigenvalue weighted by Crippen LogP contribution is -2.07. The van der Waals surface area contributed by atoms with Gasteiger partial charge in [0.1, 0.15) is 0 Å². The zero-order valence-electron chi connectivity index (χ0n) is 44.8. The number of hydrogen-bond donors (Lipinski definition) is 0. The third-order valence-corrected chi connectivity index (χ3v) is 16.5. The van der Waals surface area contributed by atoms with Crippen LogP contribution in [-0.4, -0.2) is 28.7 Å². The second-order valence-electron chi connectivity index (χ2n) is 21.1. The predicted octanol–water partition coefficient (Wildman–Crippen LogP) is 19.5. The van der Waals surface area contributed by atoms with E-state index in [0.29, 0.717) is 17.5 Å². The zero-order valence-corrected chi connectivity index (χ0v) is 44.8. The van der Waals surface area contributed by atoms with Crippen molar-refractivity contribution in [3.63, 3.8) is 0 Å². The van der Waals surface area contributed by atoms with Crippen LogP contribution in [0.2, 0.25) is 0 Å². The second-order valence-corrected chi connectivity index (χ2v) is 21.1. The van der Waals surface area contributed by atoms with E-state index in [0.717, 1.165) is 94.5 Å². The van der Waals surface area contributed by atoms with Crippen molar-refractivity contribution in [3.8, 4) is 84.6 Å². The molecule has 4 aromatic heterocycles. The van der Waals surface area contributed by atoms with Gasteiger partial charge in [-0.1, -0.05) is 218 Å². The van der Waals surface area contributed by atoms with Gasteiger partial charge in [-0.25, -0.2) is 15.0 Å². The molecule has 0 aliphatic heterocycles. The van der Waals surface area contributed by atoms with Gasteiger partial charge in [0.15, 0.2) is 17.5 Å². The molecule has 16 aromatic rings. The lowest BCUT2D eigenvalue weighted by atomic mass is 9.90. The summed E-state index contributed by atoms with van der Waals surface area (Å²) >= 11 is 0. The van der Waals surface area contributed by atoms with Gasteiger partial charge in [-0.3, -0.25) is 0 Å². The van der Waals surface area contributed by atoms with E-state index in [-0.39, 0.29) is 0 Å². The number of nitrogens with zero attached hydrogens (tertiary/aromatic N) is 6. The largest absolute Gasteiger partial charge is 0.309 e. The maximum Gasteiger partial charge on any atom is 0.164 e. The van der Waals surface area contributed by atoms with Crippen LogP contribution >= 0.6 is 0 Å². The van der Waals surface area contributed by atoms with Gasteiger partial charge in [0.2, 0.25) is 0 Å². The fourth-order valence-electron chi connectivity index (χ4n) is 12.8. The molecule has 0 saturated carbocycles. The molecule has 16 rings (SSSR count). The molecule has 0 bridgehead atoms. The molecule has 0 unspecified atom stereocenters. The fraction of sp³-hybridized carbons (Fsp3) is 0.0132. The predicted molar refractivity (Wildman–Crippen MR) is 340 cm³/mol. The maximum absolute atomic E-state index is 5.48. The third kappa shape index (κ3) is 7.53. The molecular formula is C76H50N6. The van der Waals surface area contributed by atoms with Gasteiger partial charge < -0.3 is 13.7 Å². The van der Waals surface area contributed by atoms with Crippen molar-refractivity contribution >= 4 is 65.4 Å². The molecule has 0 N–H and O–H groups in total. The van der Waals surface area contributed by atoms with E-state index in [2.05, 4.69) is 269 Å². The van der Waals surface area contributed by atoms with E-state index in [4.69, 9.17) is 15.0 Å². The monoisotopic (exact) mass is 1050 g/mol. The van der Waals surface area contributed by atoms with Crippen LogP contribution in [0.15, 0.2) is 285 Å². The van der Waals surface area contributed by atoms with E-state index in [1.165, 1.54) is 43.6 Å². The summed E-state index contributed by atoms with van der Waals surface area (Å²) in [7, 11) is 0. The highest BCUT2D eigenvalue weighted by atomic mass is 15.0. The molecule has 0 aliphatic carbocycles. The van der Waals surface area contributed by atoms with Crippen LogP contribution in [0.5, 0.6) is 0 Å². The van der Waals surface area contributed by atoms with Crippen LogP contribution in [0.1, 0.15) is 5.56 Å². The Morgan fingerprint density at radius 2 is 0.573 bits per heavy atom. The van der Waals surface area contributed by atoms with Gasteiger partial charge >= 0.3 is 0 Å². The number of fused-ring (bicyclic) bond motifs is 9. The molecule has 0 fully saturated rings. The highest BCUT2D eigenvalue weighted by Gasteiger charge is 2.28. The Balaban J connectivity index is 1.09. The van der Waals surface area contributed by atoms with Crippen molar-refractivity contribution < 1.29 is 0 Å². The van der Waals surface area contributed by atoms with Crippen molar-refractivity contribution in [1.29, 1.82) is 0 Å². The Labute approximate surface area is 473 Å². The van der Waals surface area contributed by atoms with Gasteiger partial charge in [-0.15, -0.1) is 0 Å². The molecule has 0 atom stereocenters. The quantitative estimate of drug-likeness (QED) is 0.145. The van der Waals surface area contributed by atoms with Gasteiger partial charge in [0.25, 0.3) is 0 Å². The lowest BCUT2D eigenvalue weighted by molar-refractivity contribution is 1.07. The van der Waals surface area contributed by atoms with Gasteiger partial charge in [0.05, 0.1) is 50.2 Å². The molecule has 4 heterocycles. The molecule has 6 nitrogen and oxygen atoms in total. The number of aryl methyl sites for hydroxylation is 1. The number of rotatable bonds is 9. The number of aromatic nitrogens is 6. The Morgan fingerprint density at radius 1 is 0.232 bits per heavy atom. The smallest absolute Gasteiger partial charge is 0.164 e. The lowest BCUT2D eigenvalue weighted by Gasteiger charge is -2.24. The minimum atomic E-state index is 0.565. The van der Waals surface area contributed by atoms with Crippen molar-refractivity contribution in [2.24, 2.45) is 0 Å². The van der Waals surface area contributed by atoms with Crippen LogP contribution in [0, 0.1) is 6.92 Å². The van der Waals surface area contributed by atoms with Crippen molar-refractivity contribution in [3.05, 3.63) is 291 Å². The first kappa shape index (κ1) is 47.1. The summed E-state index contributed by atoms with van der Waals surface area (Å²) in [4.78, 5) is 16.2. The Hall–Kier alpha value is -11.0. The average Bonchev–Trinajstić information content (AvgIpc) is 3.77. The first-order valence-corrected chi connectivity index (χ1v) is 27.9. The zero-order chi connectivity index (χ0) is 54.3. The van der Waals surface area contributed by atoms with Gasteiger partial charge in [0, 0.05) is 71.3 Å². The number of hydrogen-bond acceptors (Lipinski definition) is 3. The molecule has 0 aliphatic rings. The van der Waals surface area contributed by atoms with Gasteiger partial charge in [-0.2, -0.15) is 0 Å². The molecule has 0 radical (unpaired) electrons. The molecule has 82 heavy (non-hydrogen) atoms. The maximum atomic E-state index is 5.48. The van der Waals surface area contributed by atoms with Crippen LogP contribution in [-0.2, 0) is 0 Å². The number of para-hydroxylation sites is 7. The molecule has 0 saturated heterocycles. The highest BCUT2D eigenvalue weighted by molar-refractivity contribution is 6.14. The molecule has 384 valence electrons. The number of benzene rings is 12. The summed E-state index contributed by atoms with van der Waals surface area (Å²) in [6, 6.07) is 103. The normalized spacial score (nSPS) is 11.7. The second kappa shape index (κ2) is 19.2. The van der Waals surface area contributed by atoms with E-state index < -0.39 is 0 Å². The SMILES string of the molecule is Cc1ccccc1-c1ccc2c(c1)c1ccccc1n2-c1c(-c2ccccc2-n2c3ccccc3c3ccccc32)cc(-c2nc(-c3ccccc3)nc(-c3ccccc3)n2)cc1-c1ccccc1-n1c2ccccc2c2ccccc21. The molecule has 12 aromatic carbocycles. The first-order chi connectivity index (χ1) is 40.6. The Bertz CT molecular complexity index is 4840. The van der Waals surface area contributed by atoms with Crippen LogP contribution < -0.4 is 0 Å². The molecule has 6 heteroatoms. The molecule has 0 spiro atoms. The van der Waals surface area contributed by atoms with E-state index in [1.54, 1.807) is 0 Å². The fourth-order valence-corrected chi connectivity index (χ4v) is 12.8. The minimum Gasteiger partial charge on any atom is -0.309 e. The van der Waals surface area contributed by atoms with Gasteiger partial charge in [-0.05, 0) is 90.3 Å². The van der Waals surface area contributed by atoms with Crippen LogP contribution in [0.4, 0.5) is 0 Å². The first-order valence-electron chi connectivity index (χ1n) is 27.9. The van der Waals surface area contributed by atoms with E-state index in [1.807, 2.05) is 36.4 Å². The molecular weight excluding hydrogens is 997 g/mol. The minimum absolute atomic E-state index is 0.565. The van der Waals surface area contributed by atoms with Crippen molar-refractivity contribution in [2.75, 3.05) is 0 Å². The van der Waals surface area contributed by atoms with Crippen molar-refractivity contribution in [1.82, 2.24) is 28.7 Å². The summed E-state index contributed by atoms with van der Waals surface area (Å²) in [5.41, 5.74) is 20.2. The summed E-state index contributed by atoms with van der Waals surface area (Å²) in [6.07, 6.45) is 0. The van der Waals surface area contributed by atoms with E-state index in [9.17, 15) is 0 Å². The van der Waals surface area contributed by atoms with Crippen LogP contribution in [0.25, 0.3) is 150 Å². The Kier molecular flexibility index (Phi) is 11.0. The summed E-state index contributed by atoms with van der Waals surface area (Å²) in [5, 5.41) is 7.12. The van der Waals surface area contributed by atoms with Crippen LogP contribution in [0.3, 0.4) is 0 Å². The Morgan fingerprint density at radius 3 is 1.02 bits per heavy atom. The highest BCUT2D eigenvalue weighted by Crippen LogP contribution is 2.48. The van der Waals surface area contributed by atoms with Crippen molar-refractivity contribution in [2.45, 2.75) is 6.92 Å². The summed E-state index contributed by atoms with van der Waals surface area (Å²) in [6.45, 7) is 2.20. The topological polar surface area (TPSA) is 53.5 Å². The third-order valence-electron chi connectivity index (χ3n) is 16.5. The average molecular weight is 1050 g/mol.